The first-order valence-corrected chi connectivity index (χ1v) is 2.34. The van der Waals surface area contributed by atoms with Gasteiger partial charge in [-0.2, -0.15) is 0 Å². The minimum absolute atomic E-state index is 0. The molecule has 0 bridgehead atoms. The van der Waals surface area contributed by atoms with E-state index in [2.05, 4.69) is 0 Å². The fraction of sp³-hybridized carbons (Fsp3) is 0. The molecule has 1 aromatic carbocycles. The Kier molecular flexibility index (Phi) is 3.86. The van der Waals surface area contributed by atoms with Crippen molar-refractivity contribution >= 4 is 0 Å². The Morgan fingerprint density at radius 1 is 1.30 bits per heavy atom. The summed E-state index contributed by atoms with van der Waals surface area (Å²) in [4.78, 5) is 0. The number of halogens is 2. The number of hydrogen-bond acceptors (Lipinski definition) is 1. The average molecular weight is 154 g/mol. The fourth-order valence-electron chi connectivity index (χ4n) is 0.481. The number of benzene rings is 1. The van der Waals surface area contributed by atoms with Gasteiger partial charge in [0.15, 0.2) is 11.6 Å². The summed E-state index contributed by atoms with van der Waals surface area (Å²) >= 11 is 0. The molecular formula is C6H5F2NaO. The summed E-state index contributed by atoms with van der Waals surface area (Å²) in [6.45, 7) is 0. The molecule has 1 nitrogen and oxygen atoms in total. The Hall–Kier alpha value is -0.120. The molecule has 4 heteroatoms. The largest absolute Gasteiger partial charge is 1.00 e. The average Bonchev–Trinajstić information content (AvgIpc) is 1.80. The second-order valence-corrected chi connectivity index (χ2v) is 1.60. The van der Waals surface area contributed by atoms with Crippen LogP contribution in [0, 0.1) is 11.6 Å². The minimum Gasteiger partial charge on any atom is -1.00 e. The molecule has 0 atom stereocenters. The van der Waals surface area contributed by atoms with E-state index in [0.717, 1.165) is 12.1 Å². The van der Waals surface area contributed by atoms with Crippen LogP contribution in [0.15, 0.2) is 18.2 Å². The van der Waals surface area contributed by atoms with Crippen LogP contribution in [0.1, 0.15) is 1.43 Å². The van der Waals surface area contributed by atoms with E-state index in [1.54, 1.807) is 0 Å². The number of rotatable bonds is 0. The van der Waals surface area contributed by atoms with Gasteiger partial charge in [0.2, 0.25) is 0 Å². The molecule has 0 unspecified atom stereocenters. The third kappa shape index (κ3) is 2.25. The van der Waals surface area contributed by atoms with Crippen molar-refractivity contribution in [1.29, 1.82) is 0 Å². The van der Waals surface area contributed by atoms with Crippen molar-refractivity contribution in [2.24, 2.45) is 0 Å². The zero-order valence-electron chi connectivity index (χ0n) is 6.44. The van der Waals surface area contributed by atoms with Gasteiger partial charge in [-0.3, -0.25) is 0 Å². The molecule has 0 aliphatic heterocycles. The standard InChI is InChI=1S/C6H4F2O.Na.H/c7-4-1-2-6(9)5(8)3-4;;/h1-3,9H;;/q;+1;-1. The first kappa shape index (κ1) is 9.88. The Morgan fingerprint density at radius 2 is 1.90 bits per heavy atom. The maximum Gasteiger partial charge on any atom is 1.00 e. The first-order valence-electron chi connectivity index (χ1n) is 2.34. The van der Waals surface area contributed by atoms with Crippen LogP contribution in [0.25, 0.3) is 0 Å². The van der Waals surface area contributed by atoms with Crippen LogP contribution in [0.3, 0.4) is 0 Å². The number of phenols is 1. The van der Waals surface area contributed by atoms with E-state index in [1.165, 1.54) is 0 Å². The topological polar surface area (TPSA) is 20.2 Å². The molecule has 0 heterocycles. The zero-order chi connectivity index (χ0) is 6.85. The molecule has 0 radical (unpaired) electrons. The maximum absolute atomic E-state index is 12.1. The summed E-state index contributed by atoms with van der Waals surface area (Å²) in [5.74, 6) is -2.16. The Bertz CT molecular complexity index is 232. The van der Waals surface area contributed by atoms with Crippen molar-refractivity contribution < 1.29 is 44.9 Å². The van der Waals surface area contributed by atoms with Crippen molar-refractivity contribution in [2.45, 2.75) is 0 Å². The maximum atomic E-state index is 12.1. The van der Waals surface area contributed by atoms with Crippen molar-refractivity contribution in [3.8, 4) is 5.75 Å². The minimum atomic E-state index is -0.935. The van der Waals surface area contributed by atoms with Crippen molar-refractivity contribution in [1.82, 2.24) is 0 Å². The zero-order valence-corrected chi connectivity index (χ0v) is 7.44. The molecule has 0 fully saturated rings. The summed E-state index contributed by atoms with van der Waals surface area (Å²) in [7, 11) is 0. The van der Waals surface area contributed by atoms with Crippen LogP contribution < -0.4 is 29.6 Å². The van der Waals surface area contributed by atoms with E-state index in [-0.39, 0.29) is 31.0 Å². The van der Waals surface area contributed by atoms with Gasteiger partial charge >= 0.3 is 29.6 Å². The van der Waals surface area contributed by atoms with Gasteiger partial charge in [0.05, 0.1) is 0 Å². The normalized spacial score (nSPS) is 8.60. The molecule has 50 valence electrons. The molecule has 0 spiro atoms. The van der Waals surface area contributed by atoms with Gasteiger partial charge in [0.1, 0.15) is 5.82 Å². The first-order chi connectivity index (χ1) is 4.20. The molecule has 0 aliphatic rings. The summed E-state index contributed by atoms with van der Waals surface area (Å²) in [6, 6.07) is 2.57. The second kappa shape index (κ2) is 3.91. The van der Waals surface area contributed by atoms with Gasteiger partial charge in [-0.1, -0.05) is 0 Å². The summed E-state index contributed by atoms with van der Waals surface area (Å²) in [6.07, 6.45) is 0. The third-order valence-corrected chi connectivity index (χ3v) is 0.910. The van der Waals surface area contributed by atoms with Gasteiger partial charge in [-0.25, -0.2) is 8.78 Å². The van der Waals surface area contributed by atoms with Crippen LogP contribution in [0.2, 0.25) is 0 Å². The molecule has 0 saturated carbocycles. The van der Waals surface area contributed by atoms with E-state index in [0.29, 0.717) is 6.07 Å². The van der Waals surface area contributed by atoms with Crippen LogP contribution in [0.5, 0.6) is 5.75 Å². The van der Waals surface area contributed by atoms with Gasteiger partial charge < -0.3 is 6.53 Å². The molecule has 1 rings (SSSR count). The molecule has 1 aromatic rings. The SMILES string of the molecule is Oc1ccc(F)cc1F.[H-].[Na+]. The van der Waals surface area contributed by atoms with Gasteiger partial charge in [-0.05, 0) is 12.1 Å². The summed E-state index contributed by atoms with van der Waals surface area (Å²) < 4.78 is 24.1. The van der Waals surface area contributed by atoms with E-state index in [4.69, 9.17) is 5.11 Å². The number of hydrogen-bond donors (Lipinski definition) is 1. The van der Waals surface area contributed by atoms with Gasteiger partial charge in [0.25, 0.3) is 0 Å². The fourth-order valence-corrected chi connectivity index (χ4v) is 0.481. The molecule has 0 saturated heterocycles. The van der Waals surface area contributed by atoms with Crippen molar-refractivity contribution in [3.63, 3.8) is 0 Å². The van der Waals surface area contributed by atoms with E-state index in [1.807, 2.05) is 0 Å². The predicted molar refractivity (Wildman–Crippen MR) is 29.1 cm³/mol. The van der Waals surface area contributed by atoms with Gasteiger partial charge in [0, 0.05) is 6.07 Å². The van der Waals surface area contributed by atoms with Crippen LogP contribution >= 0.6 is 0 Å². The summed E-state index contributed by atoms with van der Waals surface area (Å²) in [5.41, 5.74) is 0. The Morgan fingerprint density at radius 3 is 2.30 bits per heavy atom. The predicted octanol–water partition coefficient (Wildman–Crippen LogP) is -1.21. The quantitative estimate of drug-likeness (QED) is 0.465. The van der Waals surface area contributed by atoms with Crippen LogP contribution in [-0.2, 0) is 0 Å². The molecule has 0 amide bonds. The monoisotopic (exact) mass is 154 g/mol. The molecule has 0 aliphatic carbocycles. The summed E-state index contributed by atoms with van der Waals surface area (Å²) in [5, 5.41) is 8.50. The second-order valence-electron chi connectivity index (χ2n) is 1.60. The molecule has 0 aromatic heterocycles. The Labute approximate surface area is 80.5 Å². The number of phenolic OH excluding ortho intramolecular Hbond substituents is 1. The Balaban J connectivity index is 0. The van der Waals surface area contributed by atoms with E-state index in [9.17, 15) is 8.78 Å². The molecule has 1 N–H and O–H groups in total. The van der Waals surface area contributed by atoms with Crippen molar-refractivity contribution in [2.75, 3.05) is 0 Å². The van der Waals surface area contributed by atoms with Gasteiger partial charge in [-0.15, -0.1) is 0 Å². The smallest absolute Gasteiger partial charge is 1.00 e. The van der Waals surface area contributed by atoms with E-state index >= 15 is 0 Å². The van der Waals surface area contributed by atoms with Crippen molar-refractivity contribution in [3.05, 3.63) is 29.8 Å². The van der Waals surface area contributed by atoms with Crippen LogP contribution in [0.4, 0.5) is 8.78 Å². The van der Waals surface area contributed by atoms with E-state index < -0.39 is 17.4 Å². The third-order valence-electron chi connectivity index (χ3n) is 0.910. The molecular weight excluding hydrogens is 149 g/mol. The molecule has 10 heavy (non-hydrogen) atoms. The number of aromatic hydroxyl groups is 1. The van der Waals surface area contributed by atoms with Crippen LogP contribution in [-0.4, -0.2) is 5.11 Å².